The fraction of sp³-hybridized carbons (Fsp3) is 0.843. The Morgan fingerprint density at radius 3 is 0.508 bits per heavy atom. The van der Waals surface area contributed by atoms with Crippen LogP contribution in [0.5, 0.6) is 0 Å². The average Bonchev–Trinajstić information content (AvgIpc) is 0.749. The topological polar surface area (TPSA) is 0 Å². The van der Waals surface area contributed by atoms with E-state index in [9.17, 15) is 0 Å². The van der Waals surface area contributed by atoms with Crippen LogP contribution in [0.2, 0.25) is 0 Å². The zero-order valence-electron chi connectivity index (χ0n) is 84.1. The number of hydrogen-bond acceptors (Lipinski definition) is 0. The van der Waals surface area contributed by atoms with Crippen LogP contribution in [0, 0.1) is 20.8 Å². The summed E-state index contributed by atoms with van der Waals surface area (Å²) in [6.45, 7) is 48.1. The van der Waals surface area contributed by atoms with Crippen LogP contribution in [0.4, 0.5) is 0 Å². The molecule has 0 aliphatic heterocycles. The first-order valence-corrected chi connectivity index (χ1v) is 58.9. The maximum atomic E-state index is 2.93. The van der Waals surface area contributed by atoms with Crippen molar-refractivity contribution < 1.29 is 0 Å². The van der Waals surface area contributed by atoms with E-state index in [1.54, 1.807) is 66.0 Å². The first-order chi connectivity index (χ1) is 57.1. The van der Waals surface area contributed by atoms with Crippen LogP contribution in [-0.4, -0.2) is 37.0 Å². The highest BCUT2D eigenvalue weighted by Crippen LogP contribution is 2.50. The summed E-state index contributed by atoms with van der Waals surface area (Å²) in [6, 6.07) is 17.4. The smallest absolute Gasteiger partial charge is 0.0101 e. The van der Waals surface area contributed by atoms with E-state index in [1.165, 1.54) is 461 Å². The Morgan fingerprint density at radius 1 is 0.203 bits per heavy atom. The van der Waals surface area contributed by atoms with Crippen molar-refractivity contribution in [2.45, 2.75) is 590 Å². The van der Waals surface area contributed by atoms with Crippen molar-refractivity contribution in [2.24, 2.45) is 0 Å². The number of aryl methyl sites for hydroxylation is 3. The lowest BCUT2D eigenvalue weighted by atomic mass is 9.70. The summed E-state index contributed by atoms with van der Waals surface area (Å²) in [7, 11) is -0.776. The summed E-state index contributed by atoms with van der Waals surface area (Å²) in [6.07, 6.45) is 104. The van der Waals surface area contributed by atoms with Gasteiger partial charge in [0.1, 0.15) is 0 Å². The van der Waals surface area contributed by atoms with Crippen molar-refractivity contribution in [3.63, 3.8) is 0 Å². The van der Waals surface area contributed by atoms with Crippen molar-refractivity contribution >= 4 is 39.7 Å². The Labute approximate surface area is 747 Å². The van der Waals surface area contributed by atoms with Gasteiger partial charge in [-0.25, -0.2) is 0 Å². The Bertz CT molecular complexity index is 2590. The minimum atomic E-state index is -0.270. The lowest BCUT2D eigenvalue weighted by molar-refractivity contribution is 0.530. The molecule has 0 aromatic heterocycles. The molecule has 0 bridgehead atoms. The lowest BCUT2D eigenvalue weighted by Gasteiger charge is -2.37. The fourth-order valence-electron chi connectivity index (χ4n) is 19.9. The third-order valence-corrected chi connectivity index (χ3v) is 36.2. The van der Waals surface area contributed by atoms with E-state index in [0.29, 0.717) is 5.92 Å². The fourth-order valence-corrected chi connectivity index (χ4v) is 28.2. The predicted octanol–water partition coefficient (Wildman–Crippen LogP) is 40.0. The van der Waals surface area contributed by atoms with Crippen LogP contribution in [0.1, 0.15) is 603 Å². The van der Waals surface area contributed by atoms with Gasteiger partial charge in [-0.15, -0.1) is 0 Å². The first kappa shape index (κ1) is 111. The molecule has 0 nitrogen and oxygen atoms in total. The summed E-state index contributed by atoms with van der Waals surface area (Å²) in [5.41, 5.74) is 14.8. The molecule has 0 spiro atoms. The van der Waals surface area contributed by atoms with E-state index < -0.39 is 0 Å². The highest BCUT2D eigenvalue weighted by Gasteiger charge is 2.35. The minimum Gasteiger partial charge on any atom is -0.0750 e. The molecular weight excluding hydrogens is 1470 g/mol. The molecule has 686 valence electrons. The SMILES string of the molecule is CCCCCCCCCCCCCP(CCCCCCCCCCCCC)c1cc(C(C)(C)C)c(C(C)CC(c2cc(C)c(P(CCCCCCCCCCCCC)CCCCCCCCCCCCC)cc2C(C)(C)C)c2cc(C)c(P(CCCCCCCCCCCCC)CCCCCCCCCCCCC)cc2C(C)(C)C)cc1C. The Hall–Kier alpha value is -1.05. The lowest BCUT2D eigenvalue weighted by Crippen LogP contribution is -2.26. The van der Waals surface area contributed by atoms with Crippen molar-refractivity contribution in [3.05, 3.63) is 86.5 Å². The molecule has 3 aromatic carbocycles. The maximum Gasteiger partial charge on any atom is 0.0101 e. The van der Waals surface area contributed by atoms with E-state index in [2.05, 4.69) is 168 Å². The van der Waals surface area contributed by atoms with Crippen LogP contribution in [0.3, 0.4) is 0 Å². The molecule has 0 heterocycles. The van der Waals surface area contributed by atoms with E-state index in [1.807, 2.05) is 0 Å². The van der Waals surface area contributed by atoms with Crippen LogP contribution in [-0.2, 0) is 16.2 Å². The molecule has 3 rings (SSSR count). The number of unbranched alkanes of at least 4 members (excludes halogenated alkanes) is 60. The number of benzene rings is 3. The molecular formula is C115H211P3. The second-order valence-corrected chi connectivity index (χ2v) is 49.7. The summed E-state index contributed by atoms with van der Waals surface area (Å²) >= 11 is 0. The van der Waals surface area contributed by atoms with E-state index in [-0.39, 0.29) is 45.9 Å². The normalized spacial score (nSPS) is 12.7. The average molecular weight is 1690 g/mol. The molecule has 0 N–H and O–H groups in total. The van der Waals surface area contributed by atoms with Crippen molar-refractivity contribution in [1.29, 1.82) is 0 Å². The predicted molar refractivity (Wildman–Crippen MR) is 552 cm³/mol. The zero-order valence-corrected chi connectivity index (χ0v) is 86.8. The largest absolute Gasteiger partial charge is 0.0750 e. The van der Waals surface area contributed by atoms with Gasteiger partial charge >= 0.3 is 0 Å². The van der Waals surface area contributed by atoms with Crippen molar-refractivity contribution in [2.75, 3.05) is 37.0 Å². The molecule has 0 aliphatic carbocycles. The first-order valence-electron chi connectivity index (χ1n) is 53.8. The Kier molecular flexibility index (Phi) is 66.8. The standard InChI is InChI=1S/C115H211P3/c1-20-26-32-38-44-50-56-62-68-74-80-86-116(87-81-75-69-63-57-51-45-39-33-27-21-2)110-96-107(113(11,12)13)103(93-100(110)8)99(7)92-104(105-94-101(9)111(97-108(105)114(14,15)16)117(88-82-76-70-64-58-52-46-40-34-28-22-3)89-83-77-71-65-59-53-47-41-35-29-23-4)106-95-102(10)112(98-109(106)115(17,18)19)118(90-84-78-72-66-60-54-48-42-36-30-24-5)91-85-79-73-67-61-55-49-43-37-31-25-6/h93-99,104H,20-92H2,1-19H3. The van der Waals surface area contributed by atoms with Crippen LogP contribution < -0.4 is 15.9 Å². The molecule has 1 unspecified atom stereocenters. The number of rotatable bonds is 80. The van der Waals surface area contributed by atoms with E-state index in [0.717, 1.165) is 6.42 Å². The van der Waals surface area contributed by atoms with Gasteiger partial charge in [0.05, 0.1) is 0 Å². The van der Waals surface area contributed by atoms with Crippen LogP contribution >= 0.6 is 23.8 Å². The molecule has 0 fully saturated rings. The van der Waals surface area contributed by atoms with Crippen molar-refractivity contribution in [3.8, 4) is 0 Å². The second-order valence-electron chi connectivity index (χ2n) is 42.3. The van der Waals surface area contributed by atoms with Crippen LogP contribution in [0.15, 0.2) is 36.4 Å². The molecule has 118 heavy (non-hydrogen) atoms. The second kappa shape index (κ2) is 70.9. The maximum absolute atomic E-state index is 2.93. The van der Waals surface area contributed by atoms with Crippen LogP contribution in [0.25, 0.3) is 0 Å². The summed E-state index contributed by atoms with van der Waals surface area (Å²) in [4.78, 5) is 0. The number of hydrogen-bond donors (Lipinski definition) is 0. The Morgan fingerprint density at radius 2 is 0.347 bits per heavy atom. The van der Waals surface area contributed by atoms with Gasteiger partial charge < -0.3 is 0 Å². The van der Waals surface area contributed by atoms with E-state index >= 15 is 0 Å². The molecule has 1 atom stereocenters. The van der Waals surface area contributed by atoms with Gasteiger partial charge in [-0.05, 0) is 191 Å². The minimum absolute atomic E-state index is 0.00439. The zero-order chi connectivity index (χ0) is 86.2. The van der Waals surface area contributed by atoms with Gasteiger partial charge in [-0.3, -0.25) is 0 Å². The van der Waals surface area contributed by atoms with Gasteiger partial charge in [-0.2, -0.15) is 0 Å². The third kappa shape index (κ3) is 51.1. The van der Waals surface area contributed by atoms with Crippen molar-refractivity contribution in [1.82, 2.24) is 0 Å². The molecule has 0 saturated heterocycles. The summed E-state index contributed by atoms with van der Waals surface area (Å²) in [5, 5.41) is 5.31. The molecule has 0 amide bonds. The molecule has 0 aliphatic rings. The van der Waals surface area contributed by atoms with Gasteiger partial charge in [0.15, 0.2) is 0 Å². The van der Waals surface area contributed by atoms with Gasteiger partial charge in [0.2, 0.25) is 0 Å². The van der Waals surface area contributed by atoms with E-state index in [4.69, 9.17) is 0 Å². The molecule has 3 aromatic rings. The molecule has 0 radical (unpaired) electrons. The third-order valence-electron chi connectivity index (χ3n) is 27.6. The molecule has 3 heteroatoms. The quantitative estimate of drug-likeness (QED) is 0.0390. The van der Waals surface area contributed by atoms with Gasteiger partial charge in [0.25, 0.3) is 0 Å². The highest BCUT2D eigenvalue weighted by atomic mass is 31.1. The summed E-state index contributed by atoms with van der Waals surface area (Å²) in [5.74, 6) is 0.663. The highest BCUT2D eigenvalue weighted by molar-refractivity contribution is 7.66. The molecule has 0 saturated carbocycles. The Balaban J connectivity index is 2.33. The van der Waals surface area contributed by atoms with Gasteiger partial charge in [-0.1, -0.05) is 556 Å². The monoisotopic (exact) mass is 1690 g/mol. The summed E-state index contributed by atoms with van der Waals surface area (Å²) < 4.78 is 0. The van der Waals surface area contributed by atoms with Gasteiger partial charge in [0, 0.05) is 5.92 Å².